The number of allylic oxidation sites excluding steroid dienone is 1. The summed E-state index contributed by atoms with van der Waals surface area (Å²) in [7, 11) is 0. The van der Waals surface area contributed by atoms with E-state index in [2.05, 4.69) is 0 Å². The molecule has 9 nitrogen and oxygen atoms in total. The fourth-order valence-corrected chi connectivity index (χ4v) is 5.74. The van der Waals surface area contributed by atoms with E-state index in [4.69, 9.17) is 5.10 Å². The van der Waals surface area contributed by atoms with Crippen LogP contribution in [0, 0.1) is 32.1 Å². The van der Waals surface area contributed by atoms with Gasteiger partial charge < -0.3 is 0 Å². The Bertz CT molecular complexity index is 1230. The third-order valence-corrected chi connectivity index (χ3v) is 7.57. The average Bonchev–Trinajstić information content (AvgIpc) is 3.30. The summed E-state index contributed by atoms with van der Waals surface area (Å²) in [6.07, 6.45) is 9.57. The van der Waals surface area contributed by atoms with Gasteiger partial charge in [-0.05, 0) is 67.0 Å². The van der Waals surface area contributed by atoms with Gasteiger partial charge in [-0.1, -0.05) is 31.4 Å². The Kier molecular flexibility index (Phi) is 6.63. The van der Waals surface area contributed by atoms with Crippen molar-refractivity contribution in [3.05, 3.63) is 85.5 Å². The van der Waals surface area contributed by atoms with Crippen LogP contribution >= 0.6 is 0 Å². The Morgan fingerprint density at radius 2 is 1.47 bits per heavy atom. The zero-order valence-corrected chi connectivity index (χ0v) is 19.9. The number of nitro groups is 2. The normalized spacial score (nSPS) is 23.3. The van der Waals surface area contributed by atoms with Gasteiger partial charge in [-0.2, -0.15) is 5.10 Å². The summed E-state index contributed by atoms with van der Waals surface area (Å²) in [5, 5.41) is 28.8. The highest BCUT2D eigenvalue weighted by Gasteiger charge is 2.45. The Hall–Kier alpha value is -3.88. The van der Waals surface area contributed by atoms with Crippen molar-refractivity contribution in [2.24, 2.45) is 16.9 Å². The van der Waals surface area contributed by atoms with Crippen LogP contribution in [0.15, 0.2) is 59.2 Å². The number of hydrazone groups is 1. The van der Waals surface area contributed by atoms with Crippen molar-refractivity contribution in [1.82, 2.24) is 5.01 Å². The number of nitro benzene ring substituents is 2. The molecule has 0 radical (unpaired) electrons. The van der Waals surface area contributed by atoms with Crippen LogP contribution in [0.4, 0.5) is 11.4 Å². The standard InChI is InChI=1S/C27H28N4O5/c32-27(20-5-2-1-3-6-20)29-26(19-11-15-23(16-12-19)31(35)36)24-8-4-7-21(25(24)28-29)17-18-9-13-22(14-10-18)30(33)34/h9-17,20,24,26H,1-8H2/b21-17+/t24-,26-/m0/s1. The molecule has 1 heterocycles. The first-order valence-electron chi connectivity index (χ1n) is 12.5. The largest absolute Gasteiger partial charge is 0.273 e. The maximum absolute atomic E-state index is 13.7. The molecule has 2 aromatic rings. The molecule has 0 saturated heterocycles. The molecule has 2 saturated carbocycles. The topological polar surface area (TPSA) is 119 Å². The van der Waals surface area contributed by atoms with E-state index in [9.17, 15) is 25.0 Å². The number of nitrogens with zero attached hydrogens (tertiary/aromatic N) is 4. The summed E-state index contributed by atoms with van der Waals surface area (Å²) >= 11 is 0. The van der Waals surface area contributed by atoms with Crippen molar-refractivity contribution >= 4 is 29.1 Å². The van der Waals surface area contributed by atoms with Gasteiger partial charge in [0.1, 0.15) is 0 Å². The molecule has 2 aromatic carbocycles. The van der Waals surface area contributed by atoms with Crippen LogP contribution in [0.25, 0.3) is 6.08 Å². The fraction of sp³-hybridized carbons (Fsp3) is 0.407. The summed E-state index contributed by atoms with van der Waals surface area (Å²) < 4.78 is 0. The molecule has 186 valence electrons. The molecule has 2 aliphatic carbocycles. The van der Waals surface area contributed by atoms with E-state index in [1.165, 1.54) is 24.3 Å². The van der Waals surface area contributed by atoms with Crippen LogP contribution in [0.5, 0.6) is 0 Å². The second kappa shape index (κ2) is 10.0. The Balaban J connectivity index is 1.51. The van der Waals surface area contributed by atoms with Crippen LogP contribution in [0.3, 0.4) is 0 Å². The molecule has 9 heteroatoms. The number of hydrogen-bond acceptors (Lipinski definition) is 6. The molecule has 36 heavy (non-hydrogen) atoms. The smallest absolute Gasteiger partial charge is 0.269 e. The van der Waals surface area contributed by atoms with E-state index >= 15 is 0 Å². The lowest BCUT2D eigenvalue weighted by Crippen LogP contribution is -2.36. The molecule has 1 amide bonds. The first kappa shape index (κ1) is 23.8. The van der Waals surface area contributed by atoms with Crippen LogP contribution in [0.1, 0.15) is 68.5 Å². The molecule has 1 aliphatic heterocycles. The molecule has 2 fully saturated rings. The number of amides is 1. The highest BCUT2D eigenvalue weighted by atomic mass is 16.6. The molecule has 0 unspecified atom stereocenters. The van der Waals surface area contributed by atoms with Gasteiger partial charge >= 0.3 is 0 Å². The Labute approximate surface area is 208 Å². The van der Waals surface area contributed by atoms with Crippen LogP contribution < -0.4 is 0 Å². The minimum absolute atomic E-state index is 0.00274. The molecule has 0 bridgehead atoms. The number of fused-ring (bicyclic) bond motifs is 1. The van der Waals surface area contributed by atoms with Gasteiger partial charge in [0.05, 0.1) is 21.6 Å². The van der Waals surface area contributed by atoms with Crippen molar-refractivity contribution in [2.75, 3.05) is 0 Å². The predicted molar refractivity (Wildman–Crippen MR) is 135 cm³/mol. The van der Waals surface area contributed by atoms with Gasteiger partial charge in [0.25, 0.3) is 11.4 Å². The van der Waals surface area contributed by atoms with Crippen molar-refractivity contribution in [2.45, 2.75) is 57.4 Å². The zero-order valence-electron chi connectivity index (χ0n) is 19.9. The zero-order chi connectivity index (χ0) is 25.2. The third kappa shape index (κ3) is 4.65. The molecule has 0 N–H and O–H groups in total. The number of rotatable bonds is 5. The van der Waals surface area contributed by atoms with Crippen molar-refractivity contribution in [3.8, 4) is 0 Å². The summed E-state index contributed by atoms with van der Waals surface area (Å²) in [5.41, 5.74) is 3.68. The van der Waals surface area contributed by atoms with Gasteiger partial charge in [0.2, 0.25) is 5.91 Å². The second-order valence-electron chi connectivity index (χ2n) is 9.81. The van der Waals surface area contributed by atoms with Crippen molar-refractivity contribution in [3.63, 3.8) is 0 Å². The van der Waals surface area contributed by atoms with Gasteiger partial charge in [-0.25, -0.2) is 5.01 Å². The average molecular weight is 489 g/mol. The number of non-ortho nitro benzene ring substituents is 2. The fourth-order valence-electron chi connectivity index (χ4n) is 5.74. The second-order valence-corrected chi connectivity index (χ2v) is 9.81. The lowest BCUT2D eigenvalue weighted by molar-refractivity contribution is -0.385. The quantitative estimate of drug-likeness (QED) is 0.366. The summed E-state index contributed by atoms with van der Waals surface area (Å²) in [6.45, 7) is 0. The van der Waals surface area contributed by atoms with Gasteiger partial charge in [-0.3, -0.25) is 25.0 Å². The SMILES string of the molecule is O=C(C1CCCCC1)N1N=C2/C(=C/c3ccc([N+](=O)[O-])cc3)CCC[C@@H]2[C@@H]1c1ccc([N+](=O)[O-])cc1. The Morgan fingerprint density at radius 1 is 0.861 bits per heavy atom. The third-order valence-electron chi connectivity index (χ3n) is 7.57. The maximum Gasteiger partial charge on any atom is 0.269 e. The summed E-state index contributed by atoms with van der Waals surface area (Å²) in [5.74, 6) is -0.0161. The Morgan fingerprint density at radius 3 is 2.08 bits per heavy atom. The van der Waals surface area contributed by atoms with Crippen molar-refractivity contribution < 1.29 is 14.6 Å². The monoisotopic (exact) mass is 488 g/mol. The van der Waals surface area contributed by atoms with Crippen LogP contribution in [0.2, 0.25) is 0 Å². The highest BCUT2D eigenvalue weighted by molar-refractivity contribution is 6.08. The molecule has 3 aliphatic rings. The van der Waals surface area contributed by atoms with Gasteiger partial charge in [-0.15, -0.1) is 0 Å². The van der Waals surface area contributed by atoms with E-state index in [1.807, 2.05) is 6.08 Å². The van der Waals surface area contributed by atoms with E-state index in [0.717, 1.165) is 73.8 Å². The predicted octanol–water partition coefficient (Wildman–Crippen LogP) is 6.21. The van der Waals surface area contributed by atoms with Gasteiger partial charge in [0, 0.05) is 36.1 Å². The van der Waals surface area contributed by atoms with E-state index in [0.29, 0.717) is 0 Å². The van der Waals surface area contributed by atoms with Gasteiger partial charge in [0.15, 0.2) is 0 Å². The summed E-state index contributed by atoms with van der Waals surface area (Å²) in [6, 6.07) is 12.6. The molecular weight excluding hydrogens is 460 g/mol. The molecule has 2 atom stereocenters. The van der Waals surface area contributed by atoms with E-state index in [1.54, 1.807) is 29.3 Å². The van der Waals surface area contributed by atoms with Crippen molar-refractivity contribution in [1.29, 1.82) is 0 Å². The maximum atomic E-state index is 13.7. The van der Waals surface area contributed by atoms with E-state index in [-0.39, 0.29) is 35.2 Å². The highest BCUT2D eigenvalue weighted by Crippen LogP contribution is 2.46. The summed E-state index contributed by atoms with van der Waals surface area (Å²) in [4.78, 5) is 35.1. The van der Waals surface area contributed by atoms with Crippen LogP contribution in [-0.2, 0) is 4.79 Å². The molecule has 0 aromatic heterocycles. The first-order chi connectivity index (χ1) is 17.4. The number of benzene rings is 2. The number of carbonyl (C=O) groups is 1. The minimum atomic E-state index is -0.420. The first-order valence-corrected chi connectivity index (χ1v) is 12.5. The van der Waals surface area contributed by atoms with E-state index < -0.39 is 9.85 Å². The lowest BCUT2D eigenvalue weighted by Gasteiger charge is -2.32. The molecule has 5 rings (SSSR count). The molecule has 0 spiro atoms. The minimum Gasteiger partial charge on any atom is -0.273 e. The number of hydrogen-bond donors (Lipinski definition) is 0. The molecular formula is C27H28N4O5. The number of carbonyl (C=O) groups excluding carboxylic acids is 1. The van der Waals surface area contributed by atoms with Crippen LogP contribution in [-0.4, -0.2) is 26.5 Å². The lowest BCUT2D eigenvalue weighted by atomic mass is 9.77.